The number of ketones is 1. The molecule has 5 heteroatoms. The molecule has 0 atom stereocenters. The molecule has 0 amide bonds. The maximum Gasteiger partial charge on any atom is 0.314 e. The van der Waals surface area contributed by atoms with Gasteiger partial charge in [0.15, 0.2) is 5.76 Å². The van der Waals surface area contributed by atoms with Crippen LogP contribution in [0.3, 0.4) is 0 Å². The van der Waals surface area contributed by atoms with Gasteiger partial charge in [-0.3, -0.25) is 9.59 Å². The molecule has 4 nitrogen and oxygen atoms in total. The number of fused-ring (bicyclic) bond motifs is 1. The van der Waals surface area contributed by atoms with Gasteiger partial charge in [-0.2, -0.15) is 0 Å². The minimum absolute atomic E-state index is 0.0344. The van der Waals surface area contributed by atoms with Crippen molar-refractivity contribution in [2.24, 2.45) is 5.92 Å². The monoisotopic (exact) mass is 382 g/mol. The molecular formula is C22H19ClO4. The number of hydrogen-bond donors (Lipinski definition) is 0. The van der Waals surface area contributed by atoms with Crippen molar-refractivity contribution in [3.8, 4) is 11.5 Å². The summed E-state index contributed by atoms with van der Waals surface area (Å²) in [5.74, 6) is 0.600. The van der Waals surface area contributed by atoms with Crippen LogP contribution in [0.2, 0.25) is 5.02 Å². The molecule has 0 radical (unpaired) electrons. The van der Waals surface area contributed by atoms with E-state index in [0.717, 1.165) is 31.2 Å². The molecule has 27 heavy (non-hydrogen) atoms. The second-order valence-corrected chi connectivity index (χ2v) is 7.35. The van der Waals surface area contributed by atoms with Crippen LogP contribution in [-0.2, 0) is 4.79 Å². The number of esters is 1. The van der Waals surface area contributed by atoms with Crippen molar-refractivity contribution in [2.75, 3.05) is 0 Å². The lowest BCUT2D eigenvalue weighted by molar-refractivity contribution is -0.139. The Labute approximate surface area is 162 Å². The first-order valence-corrected chi connectivity index (χ1v) is 9.53. The van der Waals surface area contributed by atoms with E-state index in [2.05, 4.69) is 0 Å². The second-order valence-electron chi connectivity index (χ2n) is 6.91. The van der Waals surface area contributed by atoms with E-state index in [1.165, 1.54) is 6.42 Å². The Bertz CT molecular complexity index is 926. The maximum atomic E-state index is 12.5. The van der Waals surface area contributed by atoms with Gasteiger partial charge in [0.1, 0.15) is 11.5 Å². The third-order valence-electron chi connectivity index (χ3n) is 4.94. The number of carbonyl (C=O) groups excluding carboxylic acids is 2. The molecule has 1 saturated carbocycles. The molecule has 138 valence electrons. The zero-order chi connectivity index (χ0) is 18.8. The summed E-state index contributed by atoms with van der Waals surface area (Å²) < 4.78 is 11.2. The minimum Gasteiger partial charge on any atom is -0.452 e. The quantitative estimate of drug-likeness (QED) is 0.403. The van der Waals surface area contributed by atoms with Crippen LogP contribution in [-0.4, -0.2) is 11.8 Å². The summed E-state index contributed by atoms with van der Waals surface area (Å²) >= 11 is 5.99. The van der Waals surface area contributed by atoms with Gasteiger partial charge >= 0.3 is 5.97 Å². The van der Waals surface area contributed by atoms with Gasteiger partial charge in [-0.1, -0.05) is 43.0 Å². The molecule has 2 aliphatic rings. The van der Waals surface area contributed by atoms with Crippen molar-refractivity contribution in [3.05, 3.63) is 64.4 Å². The van der Waals surface area contributed by atoms with Gasteiger partial charge in [0.05, 0.1) is 11.5 Å². The zero-order valence-electron chi connectivity index (χ0n) is 14.7. The van der Waals surface area contributed by atoms with Gasteiger partial charge in [-0.15, -0.1) is 0 Å². The Kier molecular flexibility index (Phi) is 4.99. The minimum atomic E-state index is -0.200. The first-order valence-electron chi connectivity index (χ1n) is 9.16. The van der Waals surface area contributed by atoms with E-state index in [1.54, 1.807) is 36.4 Å². The Morgan fingerprint density at radius 1 is 1.11 bits per heavy atom. The van der Waals surface area contributed by atoms with E-state index in [9.17, 15) is 9.59 Å². The van der Waals surface area contributed by atoms with Crippen LogP contribution in [0.5, 0.6) is 11.5 Å². The SMILES string of the molecule is O=C1/C(=C\c2cccc(Cl)c2)Oc2cc(OC(=O)C3CCCCC3)ccc21. The third kappa shape index (κ3) is 3.91. The van der Waals surface area contributed by atoms with E-state index in [-0.39, 0.29) is 23.4 Å². The van der Waals surface area contributed by atoms with E-state index >= 15 is 0 Å². The van der Waals surface area contributed by atoms with Gasteiger partial charge in [0.25, 0.3) is 0 Å². The lowest BCUT2D eigenvalue weighted by atomic mass is 9.89. The molecule has 1 fully saturated rings. The molecule has 0 aromatic heterocycles. The van der Waals surface area contributed by atoms with Crippen molar-refractivity contribution < 1.29 is 19.1 Å². The predicted octanol–water partition coefficient (Wildman–Crippen LogP) is 5.44. The molecule has 1 heterocycles. The lowest BCUT2D eigenvalue weighted by Crippen LogP contribution is -2.22. The lowest BCUT2D eigenvalue weighted by Gasteiger charge is -2.19. The summed E-state index contributed by atoms with van der Waals surface area (Å²) in [4.78, 5) is 24.8. The molecule has 1 aliphatic heterocycles. The number of benzene rings is 2. The van der Waals surface area contributed by atoms with Crippen molar-refractivity contribution in [1.82, 2.24) is 0 Å². The van der Waals surface area contributed by atoms with Crippen LogP contribution < -0.4 is 9.47 Å². The largest absolute Gasteiger partial charge is 0.452 e. The number of allylic oxidation sites excluding steroid dienone is 1. The van der Waals surface area contributed by atoms with E-state index < -0.39 is 0 Å². The summed E-state index contributed by atoms with van der Waals surface area (Å²) in [6, 6.07) is 12.1. The first-order chi connectivity index (χ1) is 13.1. The first kappa shape index (κ1) is 17.8. The fourth-order valence-corrected chi connectivity index (χ4v) is 3.71. The summed E-state index contributed by atoms with van der Waals surface area (Å²) in [6.45, 7) is 0. The van der Waals surface area contributed by atoms with Crippen molar-refractivity contribution in [3.63, 3.8) is 0 Å². The summed E-state index contributed by atoms with van der Waals surface area (Å²) in [5, 5.41) is 0.587. The van der Waals surface area contributed by atoms with Crippen LogP contribution in [0.1, 0.15) is 48.0 Å². The number of carbonyl (C=O) groups is 2. The molecule has 4 rings (SSSR count). The maximum absolute atomic E-state index is 12.5. The summed E-state index contributed by atoms with van der Waals surface area (Å²) in [6.07, 6.45) is 6.73. The van der Waals surface area contributed by atoms with Gasteiger partial charge in [-0.25, -0.2) is 0 Å². The van der Waals surface area contributed by atoms with Crippen LogP contribution in [0.4, 0.5) is 0 Å². The van der Waals surface area contributed by atoms with E-state index in [0.29, 0.717) is 22.1 Å². The van der Waals surface area contributed by atoms with Crippen LogP contribution in [0, 0.1) is 5.92 Å². The number of rotatable bonds is 3. The highest BCUT2D eigenvalue weighted by Crippen LogP contribution is 2.35. The van der Waals surface area contributed by atoms with Gasteiger partial charge in [0, 0.05) is 11.1 Å². The Morgan fingerprint density at radius 2 is 1.93 bits per heavy atom. The molecule has 0 spiro atoms. The summed E-state index contributed by atoms with van der Waals surface area (Å²) in [7, 11) is 0. The van der Waals surface area contributed by atoms with Crippen molar-refractivity contribution in [1.29, 1.82) is 0 Å². The Morgan fingerprint density at radius 3 is 2.70 bits per heavy atom. The molecule has 0 saturated heterocycles. The highest BCUT2D eigenvalue weighted by molar-refractivity contribution is 6.30. The van der Waals surface area contributed by atoms with Gasteiger partial charge in [0.2, 0.25) is 5.78 Å². The fourth-order valence-electron chi connectivity index (χ4n) is 3.52. The van der Waals surface area contributed by atoms with Gasteiger partial charge in [-0.05, 0) is 48.7 Å². The third-order valence-corrected chi connectivity index (χ3v) is 5.18. The predicted molar refractivity (Wildman–Crippen MR) is 103 cm³/mol. The highest BCUT2D eigenvalue weighted by Gasteiger charge is 2.29. The molecule has 0 unspecified atom stereocenters. The van der Waals surface area contributed by atoms with E-state index in [4.69, 9.17) is 21.1 Å². The number of halogens is 1. The summed E-state index contributed by atoms with van der Waals surface area (Å²) in [5.41, 5.74) is 1.24. The fraction of sp³-hybridized carbons (Fsp3) is 0.273. The van der Waals surface area contributed by atoms with E-state index in [1.807, 2.05) is 12.1 Å². The number of Topliss-reactive ketones (excluding diaryl/α,β-unsaturated/α-hetero) is 1. The van der Waals surface area contributed by atoms with Crippen molar-refractivity contribution in [2.45, 2.75) is 32.1 Å². The average molecular weight is 383 g/mol. The second kappa shape index (κ2) is 7.57. The molecule has 0 N–H and O–H groups in total. The Hall–Kier alpha value is -2.59. The molecular weight excluding hydrogens is 364 g/mol. The van der Waals surface area contributed by atoms with Crippen LogP contribution >= 0.6 is 11.6 Å². The molecule has 2 aromatic carbocycles. The Balaban J connectivity index is 1.51. The smallest absolute Gasteiger partial charge is 0.314 e. The number of ether oxygens (including phenoxy) is 2. The highest BCUT2D eigenvalue weighted by atomic mass is 35.5. The van der Waals surface area contributed by atoms with Gasteiger partial charge < -0.3 is 9.47 Å². The van der Waals surface area contributed by atoms with Crippen LogP contribution in [0.25, 0.3) is 6.08 Å². The normalized spacial score (nSPS) is 18.3. The molecule has 2 aromatic rings. The standard InChI is InChI=1S/C22H19ClO4/c23-16-8-4-5-14(11-16)12-20-21(24)18-10-9-17(13-19(18)27-20)26-22(25)15-6-2-1-3-7-15/h4-5,8-13,15H,1-3,6-7H2/b20-12+. The van der Waals surface area contributed by atoms with Crippen LogP contribution in [0.15, 0.2) is 48.2 Å². The number of hydrogen-bond acceptors (Lipinski definition) is 4. The molecule has 1 aliphatic carbocycles. The van der Waals surface area contributed by atoms with Crippen molar-refractivity contribution >= 4 is 29.4 Å². The topological polar surface area (TPSA) is 52.6 Å². The zero-order valence-corrected chi connectivity index (χ0v) is 15.5. The average Bonchev–Trinajstić information content (AvgIpc) is 2.97. The molecule has 0 bridgehead atoms.